The number of nitrogens with one attached hydrogen (secondary N) is 3. The molecule has 1 heterocycles. The largest absolute Gasteiger partial charge is 0.355 e. The summed E-state index contributed by atoms with van der Waals surface area (Å²) in [7, 11) is 0. The van der Waals surface area contributed by atoms with Crippen LogP contribution in [-0.2, 0) is 9.59 Å². The Morgan fingerprint density at radius 2 is 1.88 bits per heavy atom. The number of carbonyl (C=O) groups is 3. The van der Waals surface area contributed by atoms with E-state index in [-0.39, 0.29) is 30.3 Å². The van der Waals surface area contributed by atoms with E-state index in [1.165, 1.54) is 12.5 Å². The average Bonchev–Trinajstić information content (AvgIpc) is 2.87. The van der Waals surface area contributed by atoms with E-state index >= 15 is 0 Å². The van der Waals surface area contributed by atoms with Crippen LogP contribution in [0.3, 0.4) is 0 Å². The molecule has 0 spiro atoms. The van der Waals surface area contributed by atoms with Crippen molar-refractivity contribution in [2.45, 2.75) is 33.2 Å². The lowest BCUT2D eigenvalue weighted by molar-refractivity contribution is -0.119. The Hall–Kier alpha value is -2.57. The summed E-state index contributed by atoms with van der Waals surface area (Å²) in [6.45, 7) is 6.64. The van der Waals surface area contributed by atoms with Crippen LogP contribution in [0.25, 0.3) is 0 Å². The summed E-state index contributed by atoms with van der Waals surface area (Å²) in [5, 5.41) is 8.05. The molecule has 1 aliphatic heterocycles. The Morgan fingerprint density at radius 3 is 2.54 bits per heavy atom. The summed E-state index contributed by atoms with van der Waals surface area (Å²) >= 11 is 0. The van der Waals surface area contributed by atoms with Gasteiger partial charge in [0.05, 0.1) is 6.04 Å². The number of anilines is 1. The Morgan fingerprint density at radius 1 is 1.17 bits per heavy atom. The van der Waals surface area contributed by atoms with Gasteiger partial charge in [-0.3, -0.25) is 9.59 Å². The van der Waals surface area contributed by atoms with E-state index in [0.29, 0.717) is 19.6 Å². The molecule has 0 saturated carbocycles. The standard InChI is InChI=1S/C17H24N4O3/c1-11-4-5-15(8-12(11)2)21-10-14(9-16(21)23)20-17(24)19-7-6-18-13(3)22/h4-5,8,14H,6-7,9-10H2,1-3H3,(H,18,22)(H2,19,20,24)/t14-/m0/s1. The molecule has 1 aromatic carbocycles. The number of nitrogens with zero attached hydrogens (tertiary/aromatic N) is 1. The zero-order valence-corrected chi connectivity index (χ0v) is 14.3. The van der Waals surface area contributed by atoms with Crippen molar-refractivity contribution < 1.29 is 14.4 Å². The molecule has 1 aromatic rings. The minimum Gasteiger partial charge on any atom is -0.355 e. The van der Waals surface area contributed by atoms with Gasteiger partial charge in [-0.2, -0.15) is 0 Å². The van der Waals surface area contributed by atoms with Crippen molar-refractivity contribution in [2.75, 3.05) is 24.5 Å². The number of urea groups is 1. The van der Waals surface area contributed by atoms with Gasteiger partial charge in [0.25, 0.3) is 0 Å². The Kier molecular flexibility index (Phi) is 5.78. The third-order valence-electron chi connectivity index (χ3n) is 4.05. The Bertz CT molecular complexity index is 645. The fraction of sp³-hybridized carbons (Fsp3) is 0.471. The molecule has 0 radical (unpaired) electrons. The maximum absolute atomic E-state index is 12.2. The van der Waals surface area contributed by atoms with Crippen LogP contribution in [0.2, 0.25) is 0 Å². The van der Waals surface area contributed by atoms with Crippen molar-refractivity contribution in [3.05, 3.63) is 29.3 Å². The zero-order valence-electron chi connectivity index (χ0n) is 14.3. The number of benzene rings is 1. The lowest BCUT2D eigenvalue weighted by atomic mass is 10.1. The van der Waals surface area contributed by atoms with Gasteiger partial charge in [0.2, 0.25) is 11.8 Å². The fourth-order valence-corrected chi connectivity index (χ4v) is 2.60. The molecule has 24 heavy (non-hydrogen) atoms. The van der Waals surface area contributed by atoms with Gasteiger partial charge in [-0.1, -0.05) is 6.07 Å². The first-order chi connectivity index (χ1) is 11.4. The van der Waals surface area contributed by atoms with Crippen molar-refractivity contribution >= 4 is 23.5 Å². The van der Waals surface area contributed by atoms with Crippen molar-refractivity contribution in [1.82, 2.24) is 16.0 Å². The first-order valence-corrected chi connectivity index (χ1v) is 8.03. The molecule has 7 nitrogen and oxygen atoms in total. The number of aryl methyl sites for hydroxylation is 2. The van der Waals surface area contributed by atoms with Crippen LogP contribution in [0.4, 0.5) is 10.5 Å². The SMILES string of the molecule is CC(=O)NCCNC(=O)N[C@H]1CC(=O)N(c2ccc(C)c(C)c2)C1. The summed E-state index contributed by atoms with van der Waals surface area (Å²) < 4.78 is 0. The summed E-state index contributed by atoms with van der Waals surface area (Å²) in [6.07, 6.45) is 0.284. The molecule has 0 aromatic heterocycles. The summed E-state index contributed by atoms with van der Waals surface area (Å²) in [5.41, 5.74) is 3.17. The quantitative estimate of drug-likeness (QED) is 0.698. The highest BCUT2D eigenvalue weighted by molar-refractivity contribution is 5.96. The summed E-state index contributed by atoms with van der Waals surface area (Å²) in [4.78, 5) is 36.5. The second kappa shape index (κ2) is 7.81. The summed E-state index contributed by atoms with van der Waals surface area (Å²) in [5.74, 6) is -0.135. The average molecular weight is 332 g/mol. The van der Waals surface area contributed by atoms with Gasteiger partial charge in [0.15, 0.2) is 0 Å². The van der Waals surface area contributed by atoms with Crippen LogP contribution in [0, 0.1) is 13.8 Å². The highest BCUT2D eigenvalue weighted by Crippen LogP contribution is 2.23. The number of carbonyl (C=O) groups excluding carboxylic acids is 3. The van der Waals surface area contributed by atoms with Crippen LogP contribution >= 0.6 is 0 Å². The third-order valence-corrected chi connectivity index (χ3v) is 4.05. The predicted octanol–water partition coefficient (Wildman–Crippen LogP) is 0.844. The van der Waals surface area contributed by atoms with E-state index in [0.717, 1.165) is 11.3 Å². The maximum atomic E-state index is 12.2. The minimum absolute atomic E-state index is 0.00167. The summed E-state index contributed by atoms with van der Waals surface area (Å²) in [6, 6.07) is 5.35. The van der Waals surface area contributed by atoms with Gasteiger partial charge in [0, 0.05) is 38.7 Å². The van der Waals surface area contributed by atoms with Gasteiger partial charge in [-0.05, 0) is 37.1 Å². The number of hydrogen-bond acceptors (Lipinski definition) is 3. The first kappa shape index (κ1) is 17.8. The molecule has 1 atom stereocenters. The maximum Gasteiger partial charge on any atom is 0.315 e. The van der Waals surface area contributed by atoms with E-state index in [4.69, 9.17) is 0 Å². The monoisotopic (exact) mass is 332 g/mol. The number of hydrogen-bond donors (Lipinski definition) is 3. The van der Waals surface area contributed by atoms with Crippen molar-refractivity contribution in [3.63, 3.8) is 0 Å². The van der Waals surface area contributed by atoms with Gasteiger partial charge >= 0.3 is 6.03 Å². The molecular formula is C17H24N4O3. The second-order valence-electron chi connectivity index (χ2n) is 6.06. The zero-order chi connectivity index (χ0) is 17.7. The van der Waals surface area contributed by atoms with Crippen LogP contribution in [0.15, 0.2) is 18.2 Å². The molecule has 0 aliphatic carbocycles. The Labute approximate surface area is 141 Å². The van der Waals surface area contributed by atoms with Crippen molar-refractivity contribution in [2.24, 2.45) is 0 Å². The van der Waals surface area contributed by atoms with Gasteiger partial charge in [0.1, 0.15) is 0 Å². The normalized spacial score (nSPS) is 16.9. The molecule has 0 unspecified atom stereocenters. The third kappa shape index (κ3) is 4.71. The van der Waals surface area contributed by atoms with Crippen LogP contribution < -0.4 is 20.9 Å². The molecule has 7 heteroatoms. The molecule has 0 bridgehead atoms. The lowest BCUT2D eigenvalue weighted by Crippen LogP contribution is -2.45. The number of rotatable bonds is 5. The molecule has 130 valence electrons. The molecule has 3 N–H and O–H groups in total. The van der Waals surface area contributed by atoms with Crippen molar-refractivity contribution in [1.29, 1.82) is 0 Å². The van der Waals surface area contributed by atoms with Crippen molar-refractivity contribution in [3.8, 4) is 0 Å². The molecule has 1 fully saturated rings. The highest BCUT2D eigenvalue weighted by Gasteiger charge is 2.31. The van der Waals surface area contributed by atoms with Crippen LogP contribution in [-0.4, -0.2) is 43.5 Å². The van der Waals surface area contributed by atoms with E-state index in [2.05, 4.69) is 16.0 Å². The molecule has 1 saturated heterocycles. The topological polar surface area (TPSA) is 90.5 Å². The predicted molar refractivity (Wildman–Crippen MR) is 91.9 cm³/mol. The minimum atomic E-state index is -0.333. The Balaban J connectivity index is 1.84. The molecule has 1 aliphatic rings. The van der Waals surface area contributed by atoms with Gasteiger partial charge in [-0.25, -0.2) is 4.79 Å². The molecular weight excluding hydrogens is 308 g/mol. The van der Waals surface area contributed by atoms with Crippen LogP contribution in [0.5, 0.6) is 0 Å². The highest BCUT2D eigenvalue weighted by atomic mass is 16.2. The van der Waals surface area contributed by atoms with E-state index in [1.807, 2.05) is 32.0 Å². The smallest absolute Gasteiger partial charge is 0.315 e. The molecule has 2 rings (SSSR count). The van der Waals surface area contributed by atoms with Crippen LogP contribution in [0.1, 0.15) is 24.5 Å². The van der Waals surface area contributed by atoms with E-state index in [1.54, 1.807) is 4.90 Å². The fourth-order valence-electron chi connectivity index (χ4n) is 2.60. The second-order valence-corrected chi connectivity index (χ2v) is 6.06. The van der Waals surface area contributed by atoms with E-state index < -0.39 is 0 Å². The van der Waals surface area contributed by atoms with Gasteiger partial charge < -0.3 is 20.9 Å². The van der Waals surface area contributed by atoms with E-state index in [9.17, 15) is 14.4 Å². The molecule has 4 amide bonds. The van der Waals surface area contributed by atoms with Gasteiger partial charge in [-0.15, -0.1) is 0 Å². The first-order valence-electron chi connectivity index (χ1n) is 8.03. The lowest BCUT2D eigenvalue weighted by Gasteiger charge is -2.18. The number of amides is 4.